The van der Waals surface area contributed by atoms with Crippen LogP contribution in [-0.2, 0) is 32.6 Å². The van der Waals surface area contributed by atoms with Gasteiger partial charge in [-0.1, -0.05) is 104 Å². The van der Waals surface area contributed by atoms with Gasteiger partial charge in [-0.3, -0.25) is 9.89 Å². The number of carbonyl (C=O) groups excluding carboxylic acids is 1. The van der Waals surface area contributed by atoms with Crippen molar-refractivity contribution < 1.29 is 31.2 Å². The van der Waals surface area contributed by atoms with Crippen molar-refractivity contribution in [3.05, 3.63) is 119 Å². The average Bonchev–Trinajstić information content (AvgIpc) is 3.40. The third kappa shape index (κ3) is 8.22. The number of hydrogen-bond acceptors (Lipinski definition) is 4. The molecule has 6 nitrogen and oxygen atoms in total. The van der Waals surface area contributed by atoms with Gasteiger partial charge in [-0.05, 0) is 43.4 Å². The monoisotopic (exact) mass is 566 g/mol. The van der Waals surface area contributed by atoms with Gasteiger partial charge >= 0.3 is 5.97 Å². The molecule has 1 fully saturated rings. The Morgan fingerprint density at radius 3 is 2.36 bits per heavy atom. The first kappa shape index (κ1) is 30.0. The van der Waals surface area contributed by atoms with Crippen LogP contribution in [0.15, 0.2) is 102 Å². The van der Waals surface area contributed by atoms with Gasteiger partial charge in [-0.2, -0.15) is 0 Å². The molecule has 39 heavy (non-hydrogen) atoms. The topological polar surface area (TPSA) is 84.1 Å². The number of carbonyl (C=O) groups is 2. The zero-order chi connectivity index (χ0) is 26.7. The maximum absolute atomic E-state index is 13.5. The Kier molecular flexibility index (Phi) is 11.7. The van der Waals surface area contributed by atoms with Gasteiger partial charge in [0.25, 0.3) is 0 Å². The van der Waals surface area contributed by atoms with Gasteiger partial charge in [0, 0.05) is 28.6 Å². The number of benzene rings is 3. The van der Waals surface area contributed by atoms with Crippen molar-refractivity contribution in [3.63, 3.8) is 0 Å². The van der Waals surface area contributed by atoms with Gasteiger partial charge in [0.05, 0.1) is 17.7 Å². The molecular formula is C32H34N3NiO3-. The normalized spacial score (nSPS) is 16.5. The summed E-state index contributed by atoms with van der Waals surface area (Å²) in [5.41, 5.74) is 3.61. The zero-order valence-electron chi connectivity index (χ0n) is 22.1. The summed E-state index contributed by atoms with van der Waals surface area (Å²) in [6, 6.07) is 25.8. The van der Waals surface area contributed by atoms with E-state index in [4.69, 9.17) is 4.99 Å². The maximum atomic E-state index is 13.5. The largest absolute Gasteiger partial charge is 0.625 e. The first-order chi connectivity index (χ1) is 18.6. The number of aliphatic imine (C=N–C) groups is 1. The molecule has 0 radical (unpaired) electrons. The summed E-state index contributed by atoms with van der Waals surface area (Å²) >= 11 is 0. The molecule has 206 valence electrons. The van der Waals surface area contributed by atoms with Crippen molar-refractivity contribution in [2.24, 2.45) is 4.99 Å². The summed E-state index contributed by atoms with van der Waals surface area (Å²) in [6.45, 7) is 3.56. The van der Waals surface area contributed by atoms with Crippen LogP contribution in [0, 0.1) is 0 Å². The molecule has 1 N–H and O–H groups in total. The number of likely N-dealkylation sites (tertiary alicyclic amines) is 1. The van der Waals surface area contributed by atoms with Gasteiger partial charge in [-0.25, -0.2) is 4.79 Å². The molecule has 7 heteroatoms. The fourth-order valence-corrected chi connectivity index (χ4v) is 4.73. The number of allylic oxidation sites excluding steroid dienone is 1. The molecule has 1 aliphatic heterocycles. The predicted octanol–water partition coefficient (Wildman–Crippen LogP) is 6.53. The minimum atomic E-state index is -0.993. The molecule has 2 atom stereocenters. The van der Waals surface area contributed by atoms with Crippen LogP contribution in [0.2, 0.25) is 0 Å². The van der Waals surface area contributed by atoms with E-state index in [-0.39, 0.29) is 34.9 Å². The molecule has 0 aliphatic carbocycles. The number of rotatable bonds is 11. The maximum Gasteiger partial charge on any atom is 0.328 e. The number of carboxylic acid groups (broad SMARTS) is 1. The van der Waals surface area contributed by atoms with Gasteiger partial charge in [0.15, 0.2) is 6.04 Å². The molecule has 1 amide bonds. The third-order valence-corrected chi connectivity index (χ3v) is 6.65. The summed E-state index contributed by atoms with van der Waals surface area (Å²) in [5.74, 6) is -1.17. The number of para-hydroxylation sites is 1. The van der Waals surface area contributed by atoms with E-state index in [0.29, 0.717) is 23.5 Å². The SMILES string of the molecule is CC/C=C/C[C@@H](N=C(c1ccccc1)c1ccccc1[N-]C(=O)[C@@H]1CCCN1Cc1ccccc1)C(=O)O.[Ni]. The smallest absolute Gasteiger partial charge is 0.328 e. The second-order valence-electron chi connectivity index (χ2n) is 9.39. The standard InChI is InChI=1S/C32H35N3O3.Ni/c1-2-3-6-20-28(32(37)38)33-30(25-16-9-5-10-17-25)26-18-11-12-19-27(26)34-31(36)29-21-13-22-35(29)23-24-14-7-4-8-15-24;/h3-12,14-19,28-29H,2,13,20-23H2,1H3,(H2,33,34,36,37,38);/p-1/b6-3+;/t28-,29+;/m1./s1. The van der Waals surface area contributed by atoms with E-state index in [1.165, 1.54) is 5.56 Å². The van der Waals surface area contributed by atoms with Gasteiger partial charge < -0.3 is 15.2 Å². The number of carboxylic acids is 1. The summed E-state index contributed by atoms with van der Waals surface area (Å²) < 4.78 is 0. The van der Waals surface area contributed by atoms with Crippen LogP contribution in [-0.4, -0.2) is 46.2 Å². The Morgan fingerprint density at radius 2 is 1.67 bits per heavy atom. The predicted molar refractivity (Wildman–Crippen MR) is 152 cm³/mol. The summed E-state index contributed by atoms with van der Waals surface area (Å²) in [7, 11) is 0. The second-order valence-corrected chi connectivity index (χ2v) is 9.39. The Morgan fingerprint density at radius 1 is 1.00 bits per heavy atom. The van der Waals surface area contributed by atoms with Crippen molar-refractivity contribution >= 4 is 23.3 Å². The molecule has 0 saturated carbocycles. The van der Waals surface area contributed by atoms with E-state index in [1.54, 1.807) is 6.07 Å². The van der Waals surface area contributed by atoms with E-state index in [0.717, 1.165) is 31.4 Å². The molecule has 0 spiro atoms. The van der Waals surface area contributed by atoms with Gasteiger partial charge in [0.1, 0.15) is 0 Å². The average molecular weight is 567 g/mol. The first-order valence-electron chi connectivity index (χ1n) is 13.2. The Labute approximate surface area is 240 Å². The number of hydrogen-bond donors (Lipinski definition) is 1. The molecule has 0 aromatic heterocycles. The van der Waals surface area contributed by atoms with E-state index in [2.05, 4.69) is 22.3 Å². The summed E-state index contributed by atoms with van der Waals surface area (Å²) in [4.78, 5) is 32.5. The fourth-order valence-electron chi connectivity index (χ4n) is 4.73. The third-order valence-electron chi connectivity index (χ3n) is 6.65. The van der Waals surface area contributed by atoms with Crippen LogP contribution < -0.4 is 0 Å². The van der Waals surface area contributed by atoms with Crippen LogP contribution >= 0.6 is 0 Å². The molecule has 1 aliphatic rings. The van der Waals surface area contributed by atoms with Crippen LogP contribution in [0.3, 0.4) is 0 Å². The quantitative estimate of drug-likeness (QED) is 0.162. The minimum Gasteiger partial charge on any atom is -0.625 e. The molecule has 3 aromatic carbocycles. The molecular weight excluding hydrogens is 533 g/mol. The van der Waals surface area contributed by atoms with Crippen LogP contribution in [0.4, 0.5) is 5.69 Å². The molecule has 1 heterocycles. The van der Waals surface area contributed by atoms with E-state index >= 15 is 0 Å². The molecule has 3 aromatic rings. The second kappa shape index (κ2) is 15.2. The van der Waals surface area contributed by atoms with Crippen LogP contribution in [0.25, 0.3) is 5.32 Å². The first-order valence-corrected chi connectivity index (χ1v) is 13.2. The van der Waals surface area contributed by atoms with E-state index < -0.39 is 12.0 Å². The van der Waals surface area contributed by atoms with E-state index in [9.17, 15) is 14.7 Å². The number of amides is 1. The number of aliphatic carboxylic acids is 1. The van der Waals surface area contributed by atoms with Crippen molar-refractivity contribution in [1.82, 2.24) is 4.90 Å². The van der Waals surface area contributed by atoms with Crippen molar-refractivity contribution in [1.29, 1.82) is 0 Å². The van der Waals surface area contributed by atoms with Crippen LogP contribution in [0.1, 0.15) is 49.3 Å². The Balaban J connectivity index is 0.00000420. The fraction of sp³-hybridized carbons (Fsp3) is 0.281. The molecule has 1 saturated heterocycles. The molecule has 4 rings (SSSR count). The van der Waals surface area contributed by atoms with E-state index in [1.807, 2.05) is 85.8 Å². The zero-order valence-corrected chi connectivity index (χ0v) is 23.0. The van der Waals surface area contributed by atoms with Gasteiger partial charge in [-0.15, -0.1) is 5.69 Å². The number of nitrogens with zero attached hydrogens (tertiary/aromatic N) is 3. The molecule has 0 bridgehead atoms. The van der Waals surface area contributed by atoms with Crippen molar-refractivity contribution in [2.45, 2.75) is 51.2 Å². The summed E-state index contributed by atoms with van der Waals surface area (Å²) in [6.07, 6.45) is 6.62. The van der Waals surface area contributed by atoms with Crippen LogP contribution in [0.5, 0.6) is 0 Å². The van der Waals surface area contributed by atoms with Gasteiger partial charge in [0.2, 0.25) is 0 Å². The minimum absolute atomic E-state index is 0. The molecule has 0 unspecified atom stereocenters. The van der Waals surface area contributed by atoms with Crippen molar-refractivity contribution in [3.8, 4) is 0 Å². The van der Waals surface area contributed by atoms with Crippen molar-refractivity contribution in [2.75, 3.05) is 6.54 Å². The Hall–Kier alpha value is -3.54. The Bertz CT molecular complexity index is 1280. The summed E-state index contributed by atoms with van der Waals surface area (Å²) in [5, 5.41) is 14.5.